The molecule has 1 aliphatic heterocycles. The van der Waals surface area contributed by atoms with Crippen molar-refractivity contribution in [2.75, 3.05) is 19.3 Å². The monoisotopic (exact) mass is 610 g/mol. The van der Waals surface area contributed by atoms with Gasteiger partial charge in [-0.2, -0.15) is 0 Å². The molecule has 1 amide bonds. The minimum absolute atomic E-state index is 0.0711. The highest BCUT2D eigenvalue weighted by Crippen LogP contribution is 2.34. The number of nitrogens with zero attached hydrogens (tertiary/aromatic N) is 1. The van der Waals surface area contributed by atoms with Crippen LogP contribution in [0.5, 0.6) is 0 Å². The summed E-state index contributed by atoms with van der Waals surface area (Å²) in [5.41, 5.74) is 7.35. The number of likely N-dealkylation sites (N-methyl/N-ethyl adjacent to an activating group) is 1. The lowest BCUT2D eigenvalue weighted by Gasteiger charge is -2.43. The minimum atomic E-state index is -3.53. The van der Waals surface area contributed by atoms with Crippen LogP contribution >= 0.6 is 0 Å². The number of sulfone groups is 1. The number of aliphatic carboxylic acids is 1. The molecule has 4 N–H and O–H groups in total. The third-order valence-corrected chi connectivity index (χ3v) is 9.90. The molecule has 12 heteroatoms. The first-order valence-electron chi connectivity index (χ1n) is 14.4. The minimum Gasteiger partial charge on any atom is -0.481 e. The summed E-state index contributed by atoms with van der Waals surface area (Å²) in [5.74, 6) is -3.07. The molecule has 0 saturated carbocycles. The maximum Gasteiger partial charge on any atom is 0.303 e. The molecule has 0 spiro atoms. The lowest BCUT2D eigenvalue weighted by atomic mass is 9.71. The van der Waals surface area contributed by atoms with E-state index in [1.54, 1.807) is 24.5 Å². The Hall–Kier alpha value is -3.87. The lowest BCUT2D eigenvalue weighted by Crippen LogP contribution is -2.69. The van der Waals surface area contributed by atoms with Gasteiger partial charge in [0, 0.05) is 37.9 Å². The zero-order chi connectivity index (χ0) is 30.9. The van der Waals surface area contributed by atoms with E-state index in [2.05, 4.69) is 21.2 Å². The molecule has 3 atom stereocenters. The van der Waals surface area contributed by atoms with Crippen molar-refractivity contribution in [1.82, 2.24) is 21.2 Å². The molecule has 43 heavy (non-hydrogen) atoms. The molecule has 11 nitrogen and oxygen atoms in total. The number of hydrazine groups is 1. The van der Waals surface area contributed by atoms with Gasteiger partial charge < -0.3 is 14.8 Å². The second kappa shape index (κ2) is 14.5. The molecule has 0 radical (unpaired) electrons. The maximum atomic E-state index is 13.9. The van der Waals surface area contributed by atoms with Crippen molar-refractivity contribution in [1.29, 1.82) is 0 Å². The third kappa shape index (κ3) is 7.95. The summed E-state index contributed by atoms with van der Waals surface area (Å²) in [6.45, 7) is 0.448. The number of carboxylic acids is 1. The molecule has 1 aromatic heterocycles. The first-order chi connectivity index (χ1) is 20.7. The Labute approximate surface area is 251 Å². The van der Waals surface area contributed by atoms with Crippen LogP contribution < -0.4 is 16.2 Å². The number of carbonyl (C=O) groups excluding carboxylic acids is 2. The maximum absolute atomic E-state index is 13.9. The van der Waals surface area contributed by atoms with Crippen LogP contribution in [-0.4, -0.2) is 61.1 Å². The summed E-state index contributed by atoms with van der Waals surface area (Å²) < 4.78 is 30.6. The Morgan fingerprint density at radius 1 is 1.12 bits per heavy atom. The number of ketones is 1. The van der Waals surface area contributed by atoms with E-state index in [-0.39, 0.29) is 54.4 Å². The lowest BCUT2D eigenvalue weighted by molar-refractivity contribution is -0.141. The Morgan fingerprint density at radius 2 is 1.86 bits per heavy atom. The highest BCUT2D eigenvalue weighted by Gasteiger charge is 2.50. The first-order valence-corrected chi connectivity index (χ1v) is 16.0. The standard InChI is InChI=1S/C31H38N4O7S/c1-32-30(39)31(15-13-23-9-5-6-12-25(23)27-20-42-21-33-27)26(14-16-34-35-31)28(36)18-22(19-29(37)38)8-7-17-43(40,41)24-10-3-2-4-11-24/h2-6,9-12,20-22,26,34-35H,7-8,13-19H2,1H3,(H,32,39)(H,37,38)/t22?,26-,31+/m1/s1. The van der Waals surface area contributed by atoms with E-state index >= 15 is 0 Å². The van der Waals surface area contributed by atoms with Gasteiger partial charge in [-0.15, -0.1) is 0 Å². The van der Waals surface area contributed by atoms with Crippen LogP contribution in [0.25, 0.3) is 11.3 Å². The predicted molar refractivity (Wildman–Crippen MR) is 159 cm³/mol. The van der Waals surface area contributed by atoms with Crippen LogP contribution in [-0.2, 0) is 30.6 Å². The average molecular weight is 611 g/mol. The van der Waals surface area contributed by atoms with Gasteiger partial charge in [0.25, 0.3) is 0 Å². The molecule has 1 fully saturated rings. The SMILES string of the molecule is CNC(=O)[C@@]1(CCc2ccccc2-c2cocn2)NNCC[C@@H]1C(=O)CC(CCCS(=O)(=O)c1ccccc1)CC(=O)O. The van der Waals surface area contributed by atoms with Gasteiger partial charge in [0.05, 0.1) is 10.6 Å². The second-order valence-electron chi connectivity index (χ2n) is 10.9. The average Bonchev–Trinajstić information content (AvgIpc) is 3.55. The van der Waals surface area contributed by atoms with Crippen LogP contribution in [0.2, 0.25) is 0 Å². The Kier molecular flexibility index (Phi) is 10.8. The quantitative estimate of drug-likeness (QED) is 0.201. The number of amides is 1. The number of hydrogen-bond donors (Lipinski definition) is 4. The largest absolute Gasteiger partial charge is 0.481 e. The van der Waals surface area contributed by atoms with Gasteiger partial charge in [0.1, 0.15) is 23.3 Å². The van der Waals surface area contributed by atoms with E-state index in [1.807, 2.05) is 24.3 Å². The van der Waals surface area contributed by atoms with Crippen molar-refractivity contribution < 1.29 is 32.3 Å². The number of benzene rings is 2. The van der Waals surface area contributed by atoms with E-state index < -0.39 is 33.2 Å². The van der Waals surface area contributed by atoms with Crippen molar-refractivity contribution in [2.24, 2.45) is 11.8 Å². The first kappa shape index (κ1) is 32.1. The fourth-order valence-corrected chi connectivity index (χ4v) is 7.27. The van der Waals surface area contributed by atoms with Gasteiger partial charge >= 0.3 is 5.97 Å². The van der Waals surface area contributed by atoms with Crippen LogP contribution in [0, 0.1) is 11.8 Å². The van der Waals surface area contributed by atoms with Crippen LogP contribution in [0.15, 0.2) is 76.6 Å². The topological polar surface area (TPSA) is 168 Å². The van der Waals surface area contributed by atoms with Crippen LogP contribution in [0.4, 0.5) is 0 Å². The number of oxazole rings is 1. The molecule has 2 heterocycles. The normalized spacial score (nSPS) is 19.4. The van der Waals surface area contributed by atoms with Gasteiger partial charge in [-0.05, 0) is 55.7 Å². The van der Waals surface area contributed by atoms with Crippen molar-refractivity contribution in [3.63, 3.8) is 0 Å². The Bertz CT molecular complexity index is 1500. The molecule has 0 bridgehead atoms. The van der Waals surface area contributed by atoms with E-state index in [0.29, 0.717) is 25.1 Å². The van der Waals surface area contributed by atoms with Gasteiger partial charge in [0.15, 0.2) is 16.2 Å². The number of Topliss-reactive ketones (excluding diaryl/α,β-unsaturated/α-hetero) is 1. The summed E-state index contributed by atoms with van der Waals surface area (Å²) in [7, 11) is -2.01. The summed E-state index contributed by atoms with van der Waals surface area (Å²) in [5, 5.41) is 12.3. The molecule has 1 aliphatic rings. The Balaban J connectivity index is 1.50. The molecule has 0 aliphatic carbocycles. The molecule has 1 unspecified atom stereocenters. The highest BCUT2D eigenvalue weighted by molar-refractivity contribution is 7.91. The zero-order valence-corrected chi connectivity index (χ0v) is 24.9. The molecule has 4 rings (SSSR count). The molecular weight excluding hydrogens is 572 g/mol. The number of nitrogens with one attached hydrogen (secondary N) is 3. The molecule has 230 valence electrons. The number of aromatic nitrogens is 1. The van der Waals surface area contributed by atoms with Crippen LogP contribution in [0.1, 0.15) is 44.1 Å². The second-order valence-corrected chi connectivity index (χ2v) is 13.0. The van der Waals surface area contributed by atoms with Crippen molar-refractivity contribution in [3.8, 4) is 11.3 Å². The van der Waals surface area contributed by atoms with Crippen molar-refractivity contribution >= 4 is 27.5 Å². The molecule has 3 aromatic rings. The summed E-state index contributed by atoms with van der Waals surface area (Å²) in [6, 6.07) is 15.7. The van der Waals surface area contributed by atoms with E-state index in [0.717, 1.165) is 11.1 Å². The van der Waals surface area contributed by atoms with Crippen LogP contribution in [0.3, 0.4) is 0 Å². The number of hydrogen-bond acceptors (Lipinski definition) is 9. The number of carbonyl (C=O) groups is 3. The fourth-order valence-electron chi connectivity index (χ4n) is 5.92. The third-order valence-electron chi connectivity index (χ3n) is 8.08. The summed E-state index contributed by atoms with van der Waals surface area (Å²) >= 11 is 0. The van der Waals surface area contributed by atoms with Crippen molar-refractivity contribution in [2.45, 2.75) is 55.4 Å². The summed E-state index contributed by atoms with van der Waals surface area (Å²) in [6.07, 6.45) is 4.14. The van der Waals surface area contributed by atoms with E-state index in [9.17, 15) is 27.9 Å². The number of aryl methyl sites for hydroxylation is 1. The number of carboxylic acid groups (broad SMARTS) is 1. The van der Waals surface area contributed by atoms with E-state index in [1.165, 1.54) is 25.6 Å². The van der Waals surface area contributed by atoms with Gasteiger partial charge in [-0.1, -0.05) is 42.5 Å². The van der Waals surface area contributed by atoms with Crippen molar-refractivity contribution in [3.05, 3.63) is 72.8 Å². The smallest absolute Gasteiger partial charge is 0.303 e. The Morgan fingerprint density at radius 3 is 2.56 bits per heavy atom. The highest BCUT2D eigenvalue weighted by atomic mass is 32.2. The molecular formula is C31H38N4O7S. The molecule has 1 saturated heterocycles. The van der Waals surface area contributed by atoms with Gasteiger partial charge in [-0.25, -0.2) is 18.8 Å². The van der Waals surface area contributed by atoms with E-state index in [4.69, 9.17) is 4.42 Å². The predicted octanol–water partition coefficient (Wildman–Crippen LogP) is 3.18. The number of rotatable bonds is 15. The zero-order valence-electron chi connectivity index (χ0n) is 24.1. The summed E-state index contributed by atoms with van der Waals surface area (Å²) in [4.78, 5) is 43.5. The fraction of sp³-hybridized carbons (Fsp3) is 0.419. The van der Waals surface area contributed by atoms with Gasteiger partial charge in [0.2, 0.25) is 5.91 Å². The van der Waals surface area contributed by atoms with Gasteiger partial charge in [-0.3, -0.25) is 19.8 Å². The molecule has 2 aromatic carbocycles.